The molecule has 1 aromatic rings. The normalized spacial score (nSPS) is 16.1. The molecule has 0 spiro atoms. The van der Waals surface area contributed by atoms with Gasteiger partial charge in [0.05, 0.1) is 25.2 Å². The zero-order chi connectivity index (χ0) is 13.5. The Morgan fingerprint density at radius 1 is 1.32 bits per heavy atom. The number of carbonyl (C=O) groups is 1. The van der Waals surface area contributed by atoms with Crippen molar-refractivity contribution in [3.05, 3.63) is 12.4 Å². The molecule has 19 heavy (non-hydrogen) atoms. The Labute approximate surface area is 113 Å². The lowest BCUT2D eigenvalue weighted by Crippen LogP contribution is -2.15. The fourth-order valence-electron chi connectivity index (χ4n) is 2.52. The third kappa shape index (κ3) is 4.50. The summed E-state index contributed by atoms with van der Waals surface area (Å²) in [6.07, 6.45) is 11.2. The van der Waals surface area contributed by atoms with Crippen LogP contribution in [0.15, 0.2) is 12.4 Å². The number of anilines is 1. The standard InChI is InChI=1S/C14H21N3O2/c1-19-14-15-9-12(10-16-14)17-13(18)8-7-11-5-3-2-4-6-11/h9-11H,2-8H2,1H3,(H,17,18). The quantitative estimate of drug-likeness (QED) is 0.887. The first-order valence-electron chi connectivity index (χ1n) is 6.94. The predicted molar refractivity (Wildman–Crippen MR) is 73.0 cm³/mol. The van der Waals surface area contributed by atoms with Gasteiger partial charge in [0.1, 0.15) is 0 Å². The van der Waals surface area contributed by atoms with E-state index in [0.29, 0.717) is 18.1 Å². The fraction of sp³-hybridized carbons (Fsp3) is 0.643. The number of aromatic nitrogens is 2. The summed E-state index contributed by atoms with van der Waals surface area (Å²) >= 11 is 0. The van der Waals surface area contributed by atoms with E-state index in [9.17, 15) is 4.79 Å². The lowest BCUT2D eigenvalue weighted by atomic mass is 9.86. The first-order chi connectivity index (χ1) is 9.28. The SMILES string of the molecule is COc1ncc(NC(=O)CCC2CCCCC2)cn1. The van der Waals surface area contributed by atoms with Gasteiger partial charge in [-0.05, 0) is 12.3 Å². The minimum Gasteiger partial charge on any atom is -0.467 e. The van der Waals surface area contributed by atoms with Crippen molar-refractivity contribution in [1.29, 1.82) is 0 Å². The zero-order valence-electron chi connectivity index (χ0n) is 11.4. The number of rotatable bonds is 5. The number of nitrogens with one attached hydrogen (secondary N) is 1. The molecule has 0 saturated heterocycles. The van der Waals surface area contributed by atoms with Crippen molar-refractivity contribution in [3.8, 4) is 6.01 Å². The van der Waals surface area contributed by atoms with E-state index in [1.54, 1.807) is 12.4 Å². The summed E-state index contributed by atoms with van der Waals surface area (Å²) in [4.78, 5) is 19.7. The summed E-state index contributed by atoms with van der Waals surface area (Å²) in [6, 6.07) is 0.306. The van der Waals surface area contributed by atoms with Crippen molar-refractivity contribution in [2.45, 2.75) is 44.9 Å². The first kappa shape index (κ1) is 13.8. The van der Waals surface area contributed by atoms with E-state index in [2.05, 4.69) is 15.3 Å². The Morgan fingerprint density at radius 3 is 2.63 bits per heavy atom. The third-order valence-electron chi connectivity index (χ3n) is 3.60. The van der Waals surface area contributed by atoms with Crippen LogP contribution in [-0.4, -0.2) is 23.0 Å². The Morgan fingerprint density at radius 2 is 2.00 bits per heavy atom. The Bertz CT molecular complexity index is 400. The largest absolute Gasteiger partial charge is 0.467 e. The monoisotopic (exact) mass is 263 g/mol. The van der Waals surface area contributed by atoms with Gasteiger partial charge in [-0.25, -0.2) is 9.97 Å². The van der Waals surface area contributed by atoms with E-state index in [4.69, 9.17) is 4.74 Å². The van der Waals surface area contributed by atoms with E-state index >= 15 is 0 Å². The van der Waals surface area contributed by atoms with Crippen molar-refractivity contribution in [3.63, 3.8) is 0 Å². The summed E-state index contributed by atoms with van der Waals surface area (Å²) in [6.45, 7) is 0. The van der Waals surface area contributed by atoms with Crippen LogP contribution in [0.3, 0.4) is 0 Å². The summed E-state index contributed by atoms with van der Waals surface area (Å²) in [5, 5.41) is 2.81. The number of ether oxygens (including phenoxy) is 1. The van der Waals surface area contributed by atoms with Gasteiger partial charge in [0.15, 0.2) is 0 Å². The van der Waals surface area contributed by atoms with Crippen molar-refractivity contribution >= 4 is 11.6 Å². The second-order valence-corrected chi connectivity index (χ2v) is 5.05. The van der Waals surface area contributed by atoms with Crippen LogP contribution in [0.2, 0.25) is 0 Å². The van der Waals surface area contributed by atoms with Gasteiger partial charge in [0.2, 0.25) is 5.91 Å². The zero-order valence-corrected chi connectivity index (χ0v) is 11.4. The fourth-order valence-corrected chi connectivity index (χ4v) is 2.52. The summed E-state index contributed by atoms with van der Waals surface area (Å²) in [7, 11) is 1.51. The first-order valence-corrected chi connectivity index (χ1v) is 6.94. The van der Waals surface area contributed by atoms with Crippen LogP contribution in [0, 0.1) is 5.92 Å². The van der Waals surface area contributed by atoms with Crippen LogP contribution in [-0.2, 0) is 4.79 Å². The summed E-state index contributed by atoms with van der Waals surface area (Å²) < 4.78 is 4.87. The topological polar surface area (TPSA) is 64.1 Å². The molecule has 1 aliphatic carbocycles. The summed E-state index contributed by atoms with van der Waals surface area (Å²) in [5.74, 6) is 0.769. The summed E-state index contributed by atoms with van der Waals surface area (Å²) in [5.41, 5.74) is 0.620. The van der Waals surface area contributed by atoms with Crippen molar-refractivity contribution in [2.75, 3.05) is 12.4 Å². The maximum absolute atomic E-state index is 11.8. The molecule has 1 fully saturated rings. The van der Waals surface area contributed by atoms with Crippen molar-refractivity contribution < 1.29 is 9.53 Å². The van der Waals surface area contributed by atoms with E-state index in [-0.39, 0.29) is 5.91 Å². The molecule has 5 nitrogen and oxygen atoms in total. The highest BCUT2D eigenvalue weighted by Crippen LogP contribution is 2.27. The molecular formula is C14H21N3O2. The highest BCUT2D eigenvalue weighted by atomic mass is 16.5. The van der Waals surface area contributed by atoms with Gasteiger partial charge in [-0.15, -0.1) is 0 Å². The molecule has 1 N–H and O–H groups in total. The molecule has 1 saturated carbocycles. The predicted octanol–water partition coefficient (Wildman–Crippen LogP) is 2.78. The molecule has 104 valence electrons. The molecule has 1 aromatic heterocycles. The number of hydrogen-bond donors (Lipinski definition) is 1. The Kier molecular flexibility index (Phi) is 5.12. The van der Waals surface area contributed by atoms with Gasteiger partial charge >= 0.3 is 6.01 Å². The molecule has 0 aliphatic heterocycles. The molecule has 5 heteroatoms. The molecule has 2 rings (SSSR count). The molecule has 1 aliphatic rings. The number of methoxy groups -OCH3 is 1. The smallest absolute Gasteiger partial charge is 0.316 e. The molecule has 1 heterocycles. The minimum atomic E-state index is 0.0411. The van der Waals surface area contributed by atoms with Crippen LogP contribution in [0.1, 0.15) is 44.9 Å². The molecule has 0 atom stereocenters. The van der Waals surface area contributed by atoms with E-state index in [0.717, 1.165) is 12.3 Å². The molecule has 0 bridgehead atoms. The number of hydrogen-bond acceptors (Lipinski definition) is 4. The molecule has 0 aromatic carbocycles. The van der Waals surface area contributed by atoms with E-state index in [1.807, 2.05) is 0 Å². The highest BCUT2D eigenvalue weighted by molar-refractivity contribution is 5.90. The third-order valence-corrected chi connectivity index (χ3v) is 3.60. The van der Waals surface area contributed by atoms with E-state index in [1.165, 1.54) is 39.2 Å². The van der Waals surface area contributed by atoms with Gasteiger partial charge in [0, 0.05) is 6.42 Å². The van der Waals surface area contributed by atoms with Gasteiger partial charge in [-0.2, -0.15) is 0 Å². The van der Waals surface area contributed by atoms with Crippen LogP contribution in [0.4, 0.5) is 5.69 Å². The Balaban J connectivity index is 1.73. The van der Waals surface area contributed by atoms with Crippen LogP contribution < -0.4 is 10.1 Å². The Hall–Kier alpha value is -1.65. The minimum absolute atomic E-state index is 0.0411. The molecule has 1 amide bonds. The van der Waals surface area contributed by atoms with Crippen molar-refractivity contribution in [2.24, 2.45) is 5.92 Å². The van der Waals surface area contributed by atoms with Crippen molar-refractivity contribution in [1.82, 2.24) is 9.97 Å². The molecule has 0 radical (unpaired) electrons. The number of nitrogens with zero attached hydrogens (tertiary/aromatic N) is 2. The second kappa shape index (κ2) is 7.07. The average Bonchev–Trinajstić information content (AvgIpc) is 2.47. The van der Waals surface area contributed by atoms with Crippen LogP contribution in [0.5, 0.6) is 6.01 Å². The highest BCUT2D eigenvalue weighted by Gasteiger charge is 2.14. The second-order valence-electron chi connectivity index (χ2n) is 5.05. The van der Waals surface area contributed by atoms with Gasteiger partial charge in [0.25, 0.3) is 0 Å². The number of carbonyl (C=O) groups excluding carboxylic acids is 1. The number of amides is 1. The average molecular weight is 263 g/mol. The maximum Gasteiger partial charge on any atom is 0.316 e. The molecular weight excluding hydrogens is 242 g/mol. The van der Waals surface area contributed by atoms with Gasteiger partial charge in [-0.1, -0.05) is 32.1 Å². The lowest BCUT2D eigenvalue weighted by Gasteiger charge is -2.20. The maximum atomic E-state index is 11.8. The van der Waals surface area contributed by atoms with Crippen LogP contribution >= 0.6 is 0 Å². The van der Waals surface area contributed by atoms with Gasteiger partial charge < -0.3 is 10.1 Å². The lowest BCUT2D eigenvalue weighted by molar-refractivity contribution is -0.116. The van der Waals surface area contributed by atoms with Gasteiger partial charge in [-0.3, -0.25) is 4.79 Å². The van der Waals surface area contributed by atoms with Crippen LogP contribution in [0.25, 0.3) is 0 Å². The van der Waals surface area contributed by atoms with E-state index < -0.39 is 0 Å². The molecule has 0 unspecified atom stereocenters.